The zero-order valence-electron chi connectivity index (χ0n) is 15.6. The second-order valence-electron chi connectivity index (χ2n) is 5.48. The number of para-hydroxylation sites is 1. The van der Waals surface area contributed by atoms with Crippen molar-refractivity contribution in [2.75, 3.05) is 27.1 Å². The number of hydrogen-bond donors (Lipinski definition) is 1. The van der Waals surface area contributed by atoms with Crippen molar-refractivity contribution in [2.45, 2.75) is 4.34 Å². The van der Waals surface area contributed by atoms with Crippen LogP contribution in [-0.2, 0) is 4.79 Å². The van der Waals surface area contributed by atoms with Gasteiger partial charge in [-0.1, -0.05) is 23.9 Å². The SMILES string of the molecule is COc1cc(OC)c(OC)cc1/C=N\NC(=O)CSc1nc2ccccc2s1. The summed E-state index contributed by atoms with van der Waals surface area (Å²) in [6.45, 7) is 0. The van der Waals surface area contributed by atoms with E-state index in [-0.39, 0.29) is 11.7 Å². The van der Waals surface area contributed by atoms with Crippen LogP contribution >= 0.6 is 23.1 Å². The highest BCUT2D eigenvalue weighted by molar-refractivity contribution is 8.01. The van der Waals surface area contributed by atoms with Crippen LogP contribution in [-0.4, -0.2) is 44.2 Å². The number of fused-ring (bicyclic) bond motifs is 1. The molecule has 3 rings (SSSR count). The minimum absolute atomic E-state index is 0.222. The van der Waals surface area contributed by atoms with Gasteiger partial charge < -0.3 is 14.2 Å². The fraction of sp³-hybridized carbons (Fsp3) is 0.211. The van der Waals surface area contributed by atoms with Crippen LogP contribution in [0.4, 0.5) is 0 Å². The van der Waals surface area contributed by atoms with Crippen LogP contribution in [0, 0.1) is 0 Å². The molecule has 146 valence electrons. The minimum atomic E-state index is -0.222. The molecule has 9 heteroatoms. The molecule has 0 spiro atoms. The van der Waals surface area contributed by atoms with Gasteiger partial charge in [0.25, 0.3) is 5.91 Å². The summed E-state index contributed by atoms with van der Waals surface area (Å²) in [5, 5.41) is 4.00. The second-order valence-corrected chi connectivity index (χ2v) is 7.73. The van der Waals surface area contributed by atoms with Crippen LogP contribution in [0.15, 0.2) is 45.8 Å². The summed E-state index contributed by atoms with van der Waals surface area (Å²) >= 11 is 2.94. The van der Waals surface area contributed by atoms with Crippen molar-refractivity contribution in [2.24, 2.45) is 5.10 Å². The number of thioether (sulfide) groups is 1. The van der Waals surface area contributed by atoms with Gasteiger partial charge in [-0.3, -0.25) is 4.79 Å². The van der Waals surface area contributed by atoms with Gasteiger partial charge in [-0.2, -0.15) is 5.10 Å². The van der Waals surface area contributed by atoms with Gasteiger partial charge in [-0.15, -0.1) is 11.3 Å². The molecular formula is C19H19N3O4S2. The third-order valence-electron chi connectivity index (χ3n) is 3.73. The topological polar surface area (TPSA) is 82.0 Å². The zero-order chi connectivity index (χ0) is 19.9. The number of hydrogen-bond acceptors (Lipinski definition) is 8. The number of rotatable bonds is 8. The summed E-state index contributed by atoms with van der Waals surface area (Å²) in [4.78, 5) is 16.5. The smallest absolute Gasteiger partial charge is 0.250 e. The van der Waals surface area contributed by atoms with Gasteiger partial charge in [0.1, 0.15) is 5.75 Å². The molecule has 0 saturated heterocycles. The van der Waals surface area contributed by atoms with E-state index in [1.807, 2.05) is 24.3 Å². The molecule has 0 aliphatic heterocycles. The molecule has 3 aromatic rings. The maximum absolute atomic E-state index is 12.1. The van der Waals surface area contributed by atoms with E-state index in [9.17, 15) is 4.79 Å². The fourth-order valence-corrected chi connectivity index (χ4v) is 4.26. The molecule has 0 aliphatic carbocycles. The van der Waals surface area contributed by atoms with Crippen molar-refractivity contribution < 1.29 is 19.0 Å². The van der Waals surface area contributed by atoms with Gasteiger partial charge >= 0.3 is 0 Å². The Morgan fingerprint density at radius 3 is 2.57 bits per heavy atom. The molecule has 0 saturated carbocycles. The summed E-state index contributed by atoms with van der Waals surface area (Å²) in [6, 6.07) is 11.3. The van der Waals surface area contributed by atoms with Crippen molar-refractivity contribution >= 4 is 45.4 Å². The monoisotopic (exact) mass is 417 g/mol. The molecule has 0 bridgehead atoms. The highest BCUT2D eigenvalue weighted by Crippen LogP contribution is 2.33. The van der Waals surface area contributed by atoms with Crippen molar-refractivity contribution in [3.63, 3.8) is 0 Å². The van der Waals surface area contributed by atoms with E-state index in [1.165, 1.54) is 18.0 Å². The fourth-order valence-electron chi connectivity index (χ4n) is 2.40. The second kappa shape index (κ2) is 9.43. The Balaban J connectivity index is 1.60. The summed E-state index contributed by atoms with van der Waals surface area (Å²) in [7, 11) is 4.65. The Morgan fingerprint density at radius 2 is 1.86 bits per heavy atom. The summed E-state index contributed by atoms with van der Waals surface area (Å²) in [5.41, 5.74) is 4.10. The number of carbonyl (C=O) groups excluding carboxylic acids is 1. The average molecular weight is 418 g/mol. The quantitative estimate of drug-likeness (QED) is 0.343. The van der Waals surface area contributed by atoms with Crippen molar-refractivity contribution in [3.8, 4) is 17.2 Å². The molecule has 0 unspecified atom stereocenters. The number of ether oxygens (including phenoxy) is 3. The molecule has 2 aromatic carbocycles. The van der Waals surface area contributed by atoms with Crippen LogP contribution in [0.3, 0.4) is 0 Å². The Hall–Kier alpha value is -2.78. The molecule has 1 N–H and O–H groups in total. The Bertz CT molecular complexity index is 971. The zero-order valence-corrected chi connectivity index (χ0v) is 17.2. The van der Waals surface area contributed by atoms with Gasteiger partial charge in [0, 0.05) is 11.6 Å². The van der Waals surface area contributed by atoms with Gasteiger partial charge in [0.2, 0.25) is 0 Å². The highest BCUT2D eigenvalue weighted by atomic mass is 32.2. The molecule has 0 fully saturated rings. The van der Waals surface area contributed by atoms with Crippen LogP contribution < -0.4 is 19.6 Å². The summed E-state index contributed by atoms with van der Waals surface area (Å²) in [5.74, 6) is 1.65. The van der Waals surface area contributed by atoms with E-state index in [4.69, 9.17) is 14.2 Å². The number of benzene rings is 2. The van der Waals surface area contributed by atoms with Gasteiger partial charge in [-0.25, -0.2) is 10.4 Å². The van der Waals surface area contributed by atoms with E-state index in [0.717, 1.165) is 14.6 Å². The van der Waals surface area contributed by atoms with Crippen molar-refractivity contribution in [1.29, 1.82) is 0 Å². The Morgan fingerprint density at radius 1 is 1.14 bits per heavy atom. The van der Waals surface area contributed by atoms with Gasteiger partial charge in [0.05, 0.1) is 43.5 Å². The van der Waals surface area contributed by atoms with Crippen LogP contribution in [0.2, 0.25) is 0 Å². The minimum Gasteiger partial charge on any atom is -0.496 e. The lowest BCUT2D eigenvalue weighted by atomic mass is 10.2. The predicted molar refractivity (Wildman–Crippen MR) is 112 cm³/mol. The molecule has 0 atom stereocenters. The van der Waals surface area contributed by atoms with Crippen molar-refractivity contribution in [1.82, 2.24) is 10.4 Å². The maximum Gasteiger partial charge on any atom is 0.250 e. The number of nitrogens with one attached hydrogen (secondary N) is 1. The van der Waals surface area contributed by atoms with Crippen LogP contribution in [0.5, 0.6) is 17.2 Å². The molecule has 28 heavy (non-hydrogen) atoms. The van der Waals surface area contributed by atoms with Crippen LogP contribution in [0.1, 0.15) is 5.56 Å². The lowest BCUT2D eigenvalue weighted by molar-refractivity contribution is -0.118. The lowest BCUT2D eigenvalue weighted by Crippen LogP contribution is -2.19. The summed E-state index contributed by atoms with van der Waals surface area (Å²) in [6.07, 6.45) is 1.50. The third kappa shape index (κ3) is 4.73. The van der Waals surface area contributed by atoms with E-state index >= 15 is 0 Å². The largest absolute Gasteiger partial charge is 0.496 e. The molecule has 0 radical (unpaired) electrons. The third-order valence-corrected chi connectivity index (χ3v) is 5.91. The molecule has 1 aromatic heterocycles. The first kappa shape index (κ1) is 20.0. The van der Waals surface area contributed by atoms with E-state index < -0.39 is 0 Å². The number of amides is 1. The van der Waals surface area contributed by atoms with E-state index in [0.29, 0.717) is 22.8 Å². The number of methoxy groups -OCH3 is 3. The first-order valence-corrected chi connectivity index (χ1v) is 10.0. The Labute approximate surface area is 170 Å². The number of nitrogens with zero attached hydrogens (tertiary/aromatic N) is 2. The van der Waals surface area contributed by atoms with Crippen molar-refractivity contribution in [3.05, 3.63) is 42.0 Å². The maximum atomic E-state index is 12.1. The number of carbonyl (C=O) groups is 1. The normalized spacial score (nSPS) is 11.0. The average Bonchev–Trinajstić information content (AvgIpc) is 3.14. The first-order chi connectivity index (χ1) is 13.6. The summed E-state index contributed by atoms with van der Waals surface area (Å²) < 4.78 is 17.8. The standard InChI is InChI=1S/C19H19N3O4S2/c1-24-14-9-16(26-3)15(25-2)8-12(14)10-20-22-18(23)11-27-19-21-13-6-4-5-7-17(13)28-19/h4-10H,11H2,1-3H3,(H,22,23)/b20-10-. The lowest BCUT2D eigenvalue weighted by Gasteiger charge is -2.11. The molecular weight excluding hydrogens is 398 g/mol. The predicted octanol–water partition coefficient (Wildman–Crippen LogP) is 3.56. The Kier molecular flexibility index (Phi) is 6.72. The molecule has 1 heterocycles. The molecule has 1 amide bonds. The molecule has 0 aliphatic rings. The molecule has 7 nitrogen and oxygen atoms in total. The van der Waals surface area contributed by atoms with E-state index in [1.54, 1.807) is 44.8 Å². The number of aromatic nitrogens is 1. The van der Waals surface area contributed by atoms with Gasteiger partial charge in [-0.05, 0) is 18.2 Å². The number of thiazole rings is 1. The van der Waals surface area contributed by atoms with E-state index in [2.05, 4.69) is 15.5 Å². The van der Waals surface area contributed by atoms with Gasteiger partial charge in [0.15, 0.2) is 15.8 Å². The first-order valence-electron chi connectivity index (χ1n) is 8.25. The number of hydrazone groups is 1. The highest BCUT2D eigenvalue weighted by Gasteiger charge is 2.11. The van der Waals surface area contributed by atoms with Crippen LogP contribution in [0.25, 0.3) is 10.2 Å².